The zero-order valence-corrected chi connectivity index (χ0v) is 26.0. The lowest BCUT2D eigenvalue weighted by Crippen LogP contribution is -2.47. The molecule has 0 spiro atoms. The van der Waals surface area contributed by atoms with Crippen molar-refractivity contribution in [2.24, 2.45) is 0 Å². The van der Waals surface area contributed by atoms with E-state index in [9.17, 15) is 4.79 Å². The quantitative estimate of drug-likeness (QED) is 0.175. The first-order valence-electron chi connectivity index (χ1n) is 15.5. The van der Waals surface area contributed by atoms with E-state index in [-0.39, 0.29) is 23.7 Å². The molecule has 0 saturated carbocycles. The Kier molecular flexibility index (Phi) is 10.0. The Morgan fingerprint density at radius 3 is 2.02 bits per heavy atom. The van der Waals surface area contributed by atoms with Crippen molar-refractivity contribution in [2.75, 3.05) is 31.1 Å². The number of halogens is 1. The lowest BCUT2D eigenvalue weighted by Gasteiger charge is -2.43. The van der Waals surface area contributed by atoms with E-state index in [1.54, 1.807) is 0 Å². The monoisotopic (exact) mass is 594 g/mol. The fraction of sp³-hybridized carbons (Fsp3) is 0.342. The third-order valence-corrected chi connectivity index (χ3v) is 9.51. The topological polar surface area (TPSA) is 32.8 Å². The molecule has 43 heavy (non-hydrogen) atoms. The van der Waals surface area contributed by atoms with Crippen LogP contribution >= 0.6 is 12.4 Å². The molecule has 2 aliphatic rings. The van der Waals surface area contributed by atoms with E-state index in [2.05, 4.69) is 90.7 Å². The van der Waals surface area contributed by atoms with Gasteiger partial charge >= 0.3 is 0 Å². The Morgan fingerprint density at radius 1 is 0.744 bits per heavy atom. The molecular formula is C38H43ClN2O2. The first-order valence-corrected chi connectivity index (χ1v) is 15.5. The Bertz CT molecular complexity index is 1460. The van der Waals surface area contributed by atoms with Crippen LogP contribution in [0, 0.1) is 0 Å². The fourth-order valence-electron chi connectivity index (χ4n) is 7.18. The molecule has 0 bridgehead atoms. The molecule has 4 nitrogen and oxygen atoms in total. The van der Waals surface area contributed by atoms with Gasteiger partial charge in [0.1, 0.15) is 0 Å². The second-order valence-corrected chi connectivity index (χ2v) is 12.0. The van der Waals surface area contributed by atoms with Crippen molar-refractivity contribution in [3.63, 3.8) is 0 Å². The summed E-state index contributed by atoms with van der Waals surface area (Å²) in [5.74, 6) is 0.224. The molecule has 5 heteroatoms. The first-order chi connectivity index (χ1) is 20.7. The summed E-state index contributed by atoms with van der Waals surface area (Å²) >= 11 is 0. The highest BCUT2D eigenvalue weighted by Crippen LogP contribution is 2.50. The number of carbonyl (C=O) groups excluding carboxylic acids is 1. The molecule has 6 rings (SSSR count). The molecule has 1 unspecified atom stereocenters. The number of piperidine rings is 1. The number of rotatable bonds is 11. The minimum Gasteiger partial charge on any atom is -0.376 e. The van der Waals surface area contributed by atoms with Gasteiger partial charge in [-0.15, -0.1) is 12.4 Å². The Balaban J connectivity index is 0.00000368. The summed E-state index contributed by atoms with van der Waals surface area (Å²) in [5, 5.41) is 0. The highest BCUT2D eigenvalue weighted by atomic mass is 35.5. The van der Waals surface area contributed by atoms with Gasteiger partial charge in [-0.05, 0) is 80.2 Å². The Labute approximate surface area is 263 Å². The highest BCUT2D eigenvalue weighted by Gasteiger charge is 2.50. The van der Waals surface area contributed by atoms with Crippen molar-refractivity contribution in [1.82, 2.24) is 4.90 Å². The molecule has 1 fully saturated rings. The third-order valence-electron chi connectivity index (χ3n) is 9.51. The van der Waals surface area contributed by atoms with E-state index in [1.807, 2.05) is 41.3 Å². The average molecular weight is 595 g/mol. The minimum atomic E-state index is -0.492. The number of likely N-dealkylation sites (tertiary alicyclic amines) is 1. The molecule has 224 valence electrons. The van der Waals surface area contributed by atoms with Crippen molar-refractivity contribution in [3.05, 3.63) is 132 Å². The molecular weight excluding hydrogens is 552 g/mol. The molecule has 2 heterocycles. The van der Waals surface area contributed by atoms with Crippen molar-refractivity contribution >= 4 is 29.7 Å². The van der Waals surface area contributed by atoms with Crippen LogP contribution in [0.1, 0.15) is 55.7 Å². The number of fused-ring (bicyclic) bond motifs is 1. The van der Waals surface area contributed by atoms with Gasteiger partial charge in [-0.25, -0.2) is 0 Å². The van der Waals surface area contributed by atoms with E-state index in [0.717, 1.165) is 69.7 Å². The summed E-state index contributed by atoms with van der Waals surface area (Å²) in [6.45, 7) is 6.48. The first kappa shape index (κ1) is 31.0. The van der Waals surface area contributed by atoms with E-state index >= 15 is 0 Å². The number of amides is 1. The zero-order valence-electron chi connectivity index (χ0n) is 25.2. The maximum absolute atomic E-state index is 14.4. The number of ether oxygens (including phenoxy) is 1. The van der Waals surface area contributed by atoms with Gasteiger partial charge in [0.15, 0.2) is 0 Å². The largest absolute Gasteiger partial charge is 0.376 e. The molecule has 0 N–H and O–H groups in total. The Hall–Kier alpha value is -3.44. The van der Waals surface area contributed by atoms with Gasteiger partial charge in [0.25, 0.3) is 0 Å². The van der Waals surface area contributed by atoms with Crippen LogP contribution in [0.25, 0.3) is 0 Å². The summed E-state index contributed by atoms with van der Waals surface area (Å²) in [7, 11) is 0. The molecule has 1 saturated heterocycles. The van der Waals surface area contributed by atoms with Crippen LogP contribution in [0.4, 0.5) is 11.4 Å². The van der Waals surface area contributed by atoms with Gasteiger partial charge in [0.05, 0.1) is 24.3 Å². The maximum atomic E-state index is 14.4. The molecule has 0 radical (unpaired) electrons. The van der Waals surface area contributed by atoms with E-state index < -0.39 is 5.41 Å². The number of hydrogen-bond acceptors (Lipinski definition) is 3. The van der Waals surface area contributed by atoms with Crippen molar-refractivity contribution in [3.8, 4) is 0 Å². The van der Waals surface area contributed by atoms with Gasteiger partial charge in [0, 0.05) is 11.1 Å². The standard InChI is InChI=1S/C38H42N2O2.ClH/c1-2-22-38(34-20-12-13-21-35(34)40(36(38)41)33-18-10-5-11-19-33)25-28-39-26-23-37(24-27-39,32-16-8-4-9-17-32)30-42-29-31-14-6-3-7-15-31;/h3-21H,2,22-30H2,1H3;1H. The number of para-hydroxylation sites is 2. The van der Waals surface area contributed by atoms with Crippen LogP contribution in [-0.2, 0) is 27.0 Å². The molecule has 1 atom stereocenters. The van der Waals surface area contributed by atoms with Crippen molar-refractivity contribution < 1.29 is 9.53 Å². The number of benzene rings is 4. The van der Waals surface area contributed by atoms with E-state index in [0.29, 0.717) is 6.61 Å². The average Bonchev–Trinajstić information content (AvgIpc) is 3.29. The van der Waals surface area contributed by atoms with Crippen LogP contribution < -0.4 is 4.90 Å². The third kappa shape index (κ3) is 6.28. The fourth-order valence-corrected chi connectivity index (χ4v) is 7.18. The normalized spacial score (nSPS) is 19.6. The highest BCUT2D eigenvalue weighted by molar-refractivity contribution is 6.13. The van der Waals surface area contributed by atoms with Gasteiger partial charge < -0.3 is 9.64 Å². The molecule has 0 aromatic heterocycles. The van der Waals surface area contributed by atoms with E-state index in [4.69, 9.17) is 4.74 Å². The van der Waals surface area contributed by atoms with E-state index in [1.165, 1.54) is 16.7 Å². The zero-order chi connectivity index (χ0) is 28.8. The predicted molar refractivity (Wildman–Crippen MR) is 178 cm³/mol. The van der Waals surface area contributed by atoms with Gasteiger partial charge in [-0.3, -0.25) is 9.69 Å². The summed E-state index contributed by atoms with van der Waals surface area (Å²) < 4.78 is 6.38. The maximum Gasteiger partial charge on any atom is 0.242 e. The molecule has 4 aromatic rings. The van der Waals surface area contributed by atoms with Gasteiger partial charge in [0.2, 0.25) is 5.91 Å². The number of carbonyl (C=O) groups is 1. The summed E-state index contributed by atoms with van der Waals surface area (Å²) in [4.78, 5) is 18.9. The second kappa shape index (κ2) is 13.9. The Morgan fingerprint density at radius 2 is 1.35 bits per heavy atom. The van der Waals surface area contributed by atoms with Crippen LogP contribution in [-0.4, -0.2) is 37.0 Å². The number of hydrogen-bond donors (Lipinski definition) is 0. The summed E-state index contributed by atoms with van der Waals surface area (Å²) in [6.07, 6.45) is 4.77. The van der Waals surface area contributed by atoms with Crippen LogP contribution in [0.3, 0.4) is 0 Å². The van der Waals surface area contributed by atoms with Crippen LogP contribution in [0.5, 0.6) is 0 Å². The van der Waals surface area contributed by atoms with Crippen molar-refractivity contribution in [2.45, 2.75) is 56.5 Å². The van der Waals surface area contributed by atoms with Gasteiger partial charge in [-0.2, -0.15) is 0 Å². The molecule has 1 amide bonds. The summed E-state index contributed by atoms with van der Waals surface area (Å²) in [6, 6.07) is 40.0. The van der Waals surface area contributed by atoms with Crippen LogP contribution in [0.2, 0.25) is 0 Å². The smallest absolute Gasteiger partial charge is 0.242 e. The molecule has 4 aromatic carbocycles. The molecule has 0 aliphatic carbocycles. The minimum absolute atomic E-state index is 0. The second-order valence-electron chi connectivity index (χ2n) is 12.0. The number of nitrogens with zero attached hydrogens (tertiary/aromatic N) is 2. The van der Waals surface area contributed by atoms with Crippen molar-refractivity contribution in [1.29, 1.82) is 0 Å². The SMILES string of the molecule is CCCC1(CCN2CCC(COCc3ccccc3)(c3ccccc3)CC2)C(=O)N(c2ccccc2)c2ccccc21.Cl. The predicted octanol–water partition coefficient (Wildman–Crippen LogP) is 8.47. The lowest BCUT2D eigenvalue weighted by atomic mass is 9.72. The lowest BCUT2D eigenvalue weighted by molar-refractivity contribution is -0.123. The molecule has 2 aliphatic heterocycles. The van der Waals surface area contributed by atoms with Crippen LogP contribution in [0.15, 0.2) is 115 Å². The summed E-state index contributed by atoms with van der Waals surface area (Å²) in [5.41, 5.74) is 5.28. The number of anilines is 2. The van der Waals surface area contributed by atoms with Gasteiger partial charge in [-0.1, -0.05) is 110 Å².